The number of nitrogens with zero attached hydrogens (tertiary/aromatic N) is 4. The summed E-state index contributed by atoms with van der Waals surface area (Å²) < 4.78 is 2.24. The molecule has 8 heteroatoms. The van der Waals surface area contributed by atoms with E-state index in [2.05, 4.69) is 74.7 Å². The maximum atomic E-state index is 12.5. The van der Waals surface area contributed by atoms with E-state index in [1.807, 2.05) is 12.1 Å². The second kappa shape index (κ2) is 11.4. The number of carbonyl (C=O) groups excluding carboxylic acids is 1. The van der Waals surface area contributed by atoms with Gasteiger partial charge >= 0.3 is 0 Å². The van der Waals surface area contributed by atoms with Crippen LogP contribution < -0.4 is 5.32 Å². The lowest BCUT2D eigenvalue weighted by Crippen LogP contribution is -2.45. The molecule has 2 N–H and O–H groups in total. The zero-order chi connectivity index (χ0) is 23.0. The van der Waals surface area contributed by atoms with Crippen LogP contribution in [0.5, 0.6) is 0 Å². The molecule has 4 rings (SSSR count). The number of hydrogen-bond acceptors (Lipinski definition) is 5. The van der Waals surface area contributed by atoms with Gasteiger partial charge in [0.2, 0.25) is 5.91 Å². The Morgan fingerprint density at radius 3 is 2.18 bits per heavy atom. The van der Waals surface area contributed by atoms with E-state index in [4.69, 9.17) is 12.2 Å². The summed E-state index contributed by atoms with van der Waals surface area (Å²) in [6.07, 6.45) is 1.74. The number of hydrogen-bond donors (Lipinski definition) is 2. The summed E-state index contributed by atoms with van der Waals surface area (Å²) in [7, 11) is 0. The third kappa shape index (κ3) is 6.60. The van der Waals surface area contributed by atoms with Gasteiger partial charge in [-0.15, -0.1) is 0 Å². The summed E-state index contributed by atoms with van der Waals surface area (Å²) in [6, 6.07) is 18.8. The molecule has 0 radical (unpaired) electrons. The van der Waals surface area contributed by atoms with Crippen LogP contribution in [0.4, 0.5) is 5.69 Å². The van der Waals surface area contributed by atoms with Crippen molar-refractivity contribution in [3.8, 4) is 0 Å². The Balaban J connectivity index is 1.24. The van der Waals surface area contributed by atoms with Gasteiger partial charge in [-0.25, -0.2) is 0 Å². The topological polar surface area (TPSA) is 69.2 Å². The minimum absolute atomic E-state index is 0.104. The highest BCUT2D eigenvalue weighted by Crippen LogP contribution is 2.15. The lowest BCUT2D eigenvalue weighted by molar-refractivity contribution is -0.116. The highest BCUT2D eigenvalue weighted by molar-refractivity contribution is 7.71. The fourth-order valence-electron chi connectivity index (χ4n) is 4.17. The van der Waals surface area contributed by atoms with E-state index in [0.29, 0.717) is 4.77 Å². The van der Waals surface area contributed by atoms with Crippen molar-refractivity contribution in [2.24, 2.45) is 0 Å². The van der Waals surface area contributed by atoms with Crippen LogP contribution in [0.25, 0.3) is 0 Å². The predicted octanol–water partition coefficient (Wildman–Crippen LogP) is 3.85. The summed E-state index contributed by atoms with van der Waals surface area (Å²) >= 11 is 5.26. The van der Waals surface area contributed by atoms with E-state index in [1.54, 1.807) is 4.57 Å². The van der Waals surface area contributed by atoms with Crippen LogP contribution in [-0.4, -0.2) is 56.7 Å². The number of anilines is 1. The molecule has 0 bridgehead atoms. The number of aryl methyl sites for hydroxylation is 1. The smallest absolute Gasteiger partial charge is 0.244 e. The zero-order valence-electron chi connectivity index (χ0n) is 19.2. The zero-order valence-corrected chi connectivity index (χ0v) is 20.0. The number of nitrogens with one attached hydrogen (secondary N) is 2. The minimum Gasteiger partial charge on any atom is -0.325 e. The summed E-state index contributed by atoms with van der Waals surface area (Å²) in [6.45, 7) is 8.49. The van der Waals surface area contributed by atoms with E-state index in [9.17, 15) is 4.79 Å². The standard InChI is InChI=1S/C25H32N6OS/c1-2-6-23-27-28-25(33)31(23)19-24(32)26-22-11-9-21(10-12-22)18-30-15-13-29(14-16-30)17-20-7-4-3-5-8-20/h3-5,7-12H,2,6,13-19H2,1H3,(H,26,32)(H,28,33). The highest BCUT2D eigenvalue weighted by atomic mass is 32.1. The summed E-state index contributed by atoms with van der Waals surface area (Å²) in [5.74, 6) is 0.712. The maximum Gasteiger partial charge on any atom is 0.244 e. The van der Waals surface area contributed by atoms with Crippen molar-refractivity contribution in [3.05, 3.63) is 76.3 Å². The minimum atomic E-state index is -0.104. The van der Waals surface area contributed by atoms with E-state index in [1.165, 1.54) is 11.1 Å². The fraction of sp³-hybridized carbons (Fsp3) is 0.400. The Hall–Kier alpha value is -2.81. The number of carbonyl (C=O) groups is 1. The van der Waals surface area contributed by atoms with Gasteiger partial charge in [-0.05, 0) is 41.9 Å². The molecule has 1 aliphatic rings. The molecule has 174 valence electrons. The van der Waals surface area contributed by atoms with Crippen molar-refractivity contribution < 1.29 is 4.79 Å². The lowest BCUT2D eigenvalue weighted by Gasteiger charge is -2.34. The van der Waals surface area contributed by atoms with Crippen LogP contribution in [0, 0.1) is 4.77 Å². The summed E-state index contributed by atoms with van der Waals surface area (Å²) in [4.78, 5) is 17.5. The second-order valence-corrected chi connectivity index (χ2v) is 8.95. The van der Waals surface area contributed by atoms with Crippen LogP contribution in [0.3, 0.4) is 0 Å². The molecule has 0 aliphatic carbocycles. The van der Waals surface area contributed by atoms with Gasteiger partial charge in [0, 0.05) is 51.4 Å². The van der Waals surface area contributed by atoms with Crippen molar-refractivity contribution in [3.63, 3.8) is 0 Å². The Labute approximate surface area is 200 Å². The van der Waals surface area contributed by atoms with E-state index < -0.39 is 0 Å². The van der Waals surface area contributed by atoms with E-state index >= 15 is 0 Å². The fourth-order valence-corrected chi connectivity index (χ4v) is 4.39. The maximum absolute atomic E-state index is 12.5. The van der Waals surface area contributed by atoms with Gasteiger partial charge in [-0.3, -0.25) is 24.3 Å². The first-order chi connectivity index (χ1) is 16.1. The molecule has 0 saturated carbocycles. The van der Waals surface area contributed by atoms with Crippen LogP contribution in [0.1, 0.15) is 30.3 Å². The number of aromatic nitrogens is 3. The Morgan fingerprint density at radius 2 is 1.58 bits per heavy atom. The first-order valence-electron chi connectivity index (χ1n) is 11.6. The molecule has 7 nitrogen and oxygen atoms in total. The lowest BCUT2D eigenvalue weighted by atomic mass is 10.1. The molecule has 2 aromatic carbocycles. The number of rotatable bonds is 9. The summed E-state index contributed by atoms with van der Waals surface area (Å²) in [5.41, 5.74) is 3.43. The number of amides is 1. The molecule has 3 aromatic rings. The predicted molar refractivity (Wildman–Crippen MR) is 133 cm³/mol. The van der Waals surface area contributed by atoms with Crippen molar-refractivity contribution in [1.82, 2.24) is 24.6 Å². The van der Waals surface area contributed by atoms with Gasteiger partial charge < -0.3 is 5.32 Å². The van der Waals surface area contributed by atoms with Crippen molar-refractivity contribution in [2.75, 3.05) is 31.5 Å². The molecular weight excluding hydrogens is 432 g/mol. The van der Waals surface area contributed by atoms with Gasteiger partial charge in [0.15, 0.2) is 4.77 Å². The molecule has 1 amide bonds. The number of benzene rings is 2. The SMILES string of the molecule is CCCc1n[nH]c(=S)n1CC(=O)Nc1ccc(CN2CCN(Cc3ccccc3)CC2)cc1. The number of piperazine rings is 1. The molecule has 1 saturated heterocycles. The van der Waals surface area contributed by atoms with Gasteiger partial charge in [0.05, 0.1) is 0 Å². The van der Waals surface area contributed by atoms with Gasteiger partial charge in [0.1, 0.15) is 12.4 Å². The highest BCUT2D eigenvalue weighted by Gasteiger charge is 2.17. The third-order valence-electron chi connectivity index (χ3n) is 5.97. The van der Waals surface area contributed by atoms with Crippen LogP contribution in [0.2, 0.25) is 0 Å². The molecule has 0 spiro atoms. The van der Waals surface area contributed by atoms with Crippen molar-refractivity contribution in [2.45, 2.75) is 39.4 Å². The number of aromatic amines is 1. The number of H-pyrrole nitrogens is 1. The third-order valence-corrected chi connectivity index (χ3v) is 6.28. The van der Waals surface area contributed by atoms with E-state index in [-0.39, 0.29) is 12.5 Å². The second-order valence-electron chi connectivity index (χ2n) is 8.56. The Morgan fingerprint density at radius 1 is 0.970 bits per heavy atom. The Kier molecular flexibility index (Phi) is 8.04. The average Bonchev–Trinajstić information content (AvgIpc) is 3.16. The largest absolute Gasteiger partial charge is 0.325 e. The molecule has 1 fully saturated rings. The molecule has 0 unspecified atom stereocenters. The monoisotopic (exact) mass is 464 g/mol. The normalized spacial score (nSPS) is 14.9. The van der Waals surface area contributed by atoms with Crippen molar-refractivity contribution >= 4 is 23.8 Å². The van der Waals surface area contributed by atoms with Gasteiger partial charge in [0.25, 0.3) is 0 Å². The molecule has 0 atom stereocenters. The molecule has 1 aromatic heterocycles. The van der Waals surface area contributed by atoms with Crippen LogP contribution >= 0.6 is 12.2 Å². The van der Waals surface area contributed by atoms with Crippen LogP contribution in [-0.2, 0) is 30.8 Å². The van der Waals surface area contributed by atoms with Crippen LogP contribution in [0.15, 0.2) is 54.6 Å². The average molecular weight is 465 g/mol. The first kappa shape index (κ1) is 23.4. The molecule has 1 aliphatic heterocycles. The Bertz CT molecular complexity index is 1080. The quantitative estimate of drug-likeness (QED) is 0.471. The molecule has 33 heavy (non-hydrogen) atoms. The molecule has 2 heterocycles. The van der Waals surface area contributed by atoms with Crippen molar-refractivity contribution in [1.29, 1.82) is 0 Å². The van der Waals surface area contributed by atoms with Gasteiger partial charge in [-0.2, -0.15) is 5.10 Å². The van der Waals surface area contributed by atoms with E-state index in [0.717, 1.165) is 63.6 Å². The molecular formula is C25H32N6OS. The first-order valence-corrected chi connectivity index (χ1v) is 12.0. The summed E-state index contributed by atoms with van der Waals surface area (Å²) in [5, 5.41) is 9.97. The van der Waals surface area contributed by atoms with Gasteiger partial charge in [-0.1, -0.05) is 49.4 Å².